The third-order valence-corrected chi connectivity index (χ3v) is 12.8. The number of carboxylic acids is 1. The van der Waals surface area contributed by atoms with Crippen molar-refractivity contribution in [2.75, 3.05) is 51.5 Å². The first-order valence-corrected chi connectivity index (χ1v) is 22.6. The number of esters is 1. The molecule has 4 aromatic rings. The van der Waals surface area contributed by atoms with E-state index in [9.17, 15) is 63.5 Å². The van der Waals surface area contributed by atoms with Crippen molar-refractivity contribution >= 4 is 58.0 Å². The van der Waals surface area contributed by atoms with Crippen LogP contribution < -0.4 is 21.3 Å². The highest BCUT2D eigenvalue weighted by Gasteiger charge is 2.49. The number of fused-ring (bicyclic) bond motifs is 5. The van der Waals surface area contributed by atoms with Gasteiger partial charge in [-0.3, -0.25) is 29.0 Å². The van der Waals surface area contributed by atoms with Crippen molar-refractivity contribution in [3.63, 3.8) is 0 Å². The number of pyridine rings is 2. The Kier molecular flexibility index (Phi) is 14.2. The van der Waals surface area contributed by atoms with E-state index in [-0.39, 0.29) is 103 Å². The second-order valence-electron chi connectivity index (χ2n) is 17.8. The average molecular weight is 1010 g/mol. The summed E-state index contributed by atoms with van der Waals surface area (Å²) < 4.78 is 52.2. The molecular formula is C47H52FN7O17. The Morgan fingerprint density at radius 1 is 1.03 bits per heavy atom. The predicted molar refractivity (Wildman–Crippen MR) is 245 cm³/mol. The molecule has 6 heterocycles. The van der Waals surface area contributed by atoms with Gasteiger partial charge in [0.15, 0.2) is 11.7 Å². The van der Waals surface area contributed by atoms with Crippen molar-refractivity contribution in [3.8, 4) is 17.1 Å². The molecule has 7 atom stereocenters. The number of aliphatic hydroxyl groups excluding tert-OH is 3. The number of nitrogens with one attached hydrogen (secondary N) is 1. The van der Waals surface area contributed by atoms with E-state index >= 15 is 0 Å². The molecule has 0 aliphatic carbocycles. The van der Waals surface area contributed by atoms with Gasteiger partial charge in [0.2, 0.25) is 24.0 Å². The number of aliphatic hydroxyl groups is 4. The molecule has 4 aliphatic rings. The molecular weight excluding hydrogens is 954 g/mol. The highest BCUT2D eigenvalue weighted by molar-refractivity contribution is 6.02. The number of imide groups is 1. The maximum Gasteiger partial charge on any atom is 0.411 e. The second kappa shape index (κ2) is 20.5. The molecule has 2 aromatic carbocycles. The third kappa shape index (κ3) is 9.91. The van der Waals surface area contributed by atoms with E-state index in [1.165, 1.54) is 39.8 Å². The first-order valence-electron chi connectivity index (χ1n) is 23.2. The lowest BCUT2D eigenvalue weighted by atomic mass is 9.86. The molecule has 0 radical (unpaired) electrons. The SMILES string of the molecule is [3H]C1CC(=O)N(CCC(=O)Nc2cc(COC(=O)N(CCN(C)C)COCc3c4c(nc5cc(F)c(N)cc35)-c3cc5c(c(=O)n3C4)COC(=O)[C@]5(O)CC)ccc2O[C@@H]2O[C@H](C(=O)O)[C@@H](O)[C@H](O)[C@H]2O)C1=O. The van der Waals surface area contributed by atoms with E-state index in [1.54, 1.807) is 25.9 Å². The van der Waals surface area contributed by atoms with Crippen LogP contribution in [0.5, 0.6) is 5.75 Å². The summed E-state index contributed by atoms with van der Waals surface area (Å²) in [5.74, 6) is -5.75. The standard InChI is InChI=1S/C47H52FN7O17/c1-4-47(67)27-15-32-37-24(17-55(32)42(62)26(27)20-69-45(47)65)25(23-14-29(49)28(48)16-30(23)51-37)19-68-21-53(12-11-52(2)3)46(66)70-18-22-5-6-33(71-44-40(61)38(59)39(60)41(72-44)43(63)64)31(13-22)50-34(56)9-10-54-35(57)7-8-36(54)58/h5-6,13-16,38-41,44,59-61,67H,4,7-12,17-21,49H2,1-3H3,(H,50,56)(H,63,64)/t38-,39-,40+,41-,44+,47-/m0/s1/i7T/t7?,38-,39-,40+,41-,44+,47-. The number of rotatable bonds is 17. The number of aromatic nitrogens is 2. The van der Waals surface area contributed by atoms with Crippen molar-refractivity contribution in [1.82, 2.24) is 24.3 Å². The van der Waals surface area contributed by atoms with Crippen LogP contribution in [0.4, 0.5) is 20.6 Å². The molecule has 0 spiro atoms. The zero-order chi connectivity index (χ0) is 52.8. The number of carbonyl (C=O) groups excluding carboxylic acids is 5. The van der Waals surface area contributed by atoms with E-state index in [2.05, 4.69) is 5.32 Å². The maximum atomic E-state index is 15.0. The summed E-state index contributed by atoms with van der Waals surface area (Å²) in [5, 5.41) is 55.0. The Labute approximate surface area is 409 Å². The molecule has 0 saturated carbocycles. The zero-order valence-electron chi connectivity index (χ0n) is 40.0. The number of aliphatic carboxylic acids is 1. The smallest absolute Gasteiger partial charge is 0.411 e. The largest absolute Gasteiger partial charge is 0.479 e. The van der Waals surface area contributed by atoms with Crippen molar-refractivity contribution in [1.29, 1.82) is 0 Å². The van der Waals surface area contributed by atoms with Crippen molar-refractivity contribution in [3.05, 3.63) is 80.4 Å². The summed E-state index contributed by atoms with van der Waals surface area (Å²) in [5.41, 5.74) is 5.13. The van der Waals surface area contributed by atoms with Crippen LogP contribution in [-0.4, -0.2) is 157 Å². The van der Waals surface area contributed by atoms with Gasteiger partial charge in [-0.25, -0.2) is 23.8 Å². The van der Waals surface area contributed by atoms with E-state index in [1.807, 2.05) is 0 Å². The summed E-state index contributed by atoms with van der Waals surface area (Å²) in [6.45, 7) is 0.203. The normalized spacial score (nSPS) is 23.6. The fourth-order valence-corrected chi connectivity index (χ4v) is 8.71. The number of carbonyl (C=O) groups is 6. The number of nitrogens with zero attached hydrogens (tertiary/aromatic N) is 5. The number of benzene rings is 2. The summed E-state index contributed by atoms with van der Waals surface area (Å²) in [6.07, 6.45) is -13.0. The molecule has 25 heteroatoms. The lowest BCUT2D eigenvalue weighted by Crippen LogP contribution is -2.61. The minimum atomic E-state index is -2.09. The summed E-state index contributed by atoms with van der Waals surface area (Å²) in [6, 6.07) is 7.98. The highest BCUT2D eigenvalue weighted by Crippen LogP contribution is 2.41. The summed E-state index contributed by atoms with van der Waals surface area (Å²) >= 11 is 0. The number of nitrogen functional groups attached to an aromatic ring is 1. The fourth-order valence-electron chi connectivity index (χ4n) is 8.71. The number of ether oxygens (including phenoxy) is 5. The number of likely N-dealkylation sites (N-methyl/N-ethyl adjacent to an activating group) is 1. The number of amides is 4. The van der Waals surface area contributed by atoms with Crippen LogP contribution >= 0.6 is 0 Å². The van der Waals surface area contributed by atoms with E-state index in [0.717, 1.165) is 11.0 Å². The molecule has 2 saturated heterocycles. The topological polar surface area (TPSA) is 332 Å². The van der Waals surface area contributed by atoms with Gasteiger partial charge < -0.3 is 69.7 Å². The minimum absolute atomic E-state index is 0.0285. The second-order valence-corrected chi connectivity index (χ2v) is 17.8. The van der Waals surface area contributed by atoms with Gasteiger partial charge in [-0.2, -0.15) is 0 Å². The van der Waals surface area contributed by atoms with Gasteiger partial charge >= 0.3 is 18.0 Å². The number of hydrogen-bond donors (Lipinski definition) is 7. The number of likely N-dealkylation sites (tertiary alicyclic amines) is 1. The monoisotopic (exact) mass is 1010 g/mol. The number of carboxylic acid groups (broad SMARTS) is 1. The fraction of sp³-hybridized carbons (Fsp3) is 0.447. The molecule has 2 aromatic heterocycles. The molecule has 24 nitrogen and oxygen atoms in total. The molecule has 0 bridgehead atoms. The predicted octanol–water partition coefficient (Wildman–Crippen LogP) is 0.224. The zero-order valence-corrected chi connectivity index (χ0v) is 39.0. The minimum Gasteiger partial charge on any atom is -0.479 e. The molecule has 8 rings (SSSR count). The Bertz CT molecular complexity index is 2980. The van der Waals surface area contributed by atoms with Crippen LogP contribution in [0.3, 0.4) is 0 Å². The summed E-state index contributed by atoms with van der Waals surface area (Å²) in [7, 11) is 3.55. The van der Waals surface area contributed by atoms with E-state index < -0.39 is 103 Å². The quantitative estimate of drug-likeness (QED) is 0.0284. The van der Waals surface area contributed by atoms with Crippen LogP contribution in [-0.2, 0) is 74.9 Å². The lowest BCUT2D eigenvalue weighted by molar-refractivity contribution is -0.271. The first-order chi connectivity index (χ1) is 34.6. The molecule has 2 fully saturated rings. The first kappa shape index (κ1) is 49.8. The van der Waals surface area contributed by atoms with Gasteiger partial charge in [-0.15, -0.1) is 0 Å². The Balaban J connectivity index is 1.02. The van der Waals surface area contributed by atoms with Gasteiger partial charge in [0.05, 0.1) is 47.0 Å². The molecule has 384 valence electrons. The van der Waals surface area contributed by atoms with Crippen LogP contribution in [0.15, 0.2) is 41.2 Å². The number of anilines is 2. The van der Waals surface area contributed by atoms with E-state index in [4.69, 9.17) is 35.8 Å². The van der Waals surface area contributed by atoms with Crippen LogP contribution in [0.25, 0.3) is 22.3 Å². The molecule has 1 unspecified atom stereocenters. The Morgan fingerprint density at radius 3 is 2.49 bits per heavy atom. The van der Waals surface area contributed by atoms with Gasteiger partial charge in [-0.1, -0.05) is 13.0 Å². The number of halogens is 1. The summed E-state index contributed by atoms with van der Waals surface area (Å²) in [4.78, 5) is 98.7. The van der Waals surface area contributed by atoms with E-state index in [0.29, 0.717) is 23.1 Å². The van der Waals surface area contributed by atoms with Crippen molar-refractivity contribution in [2.45, 2.75) is 95.3 Å². The van der Waals surface area contributed by atoms with Gasteiger partial charge in [0.1, 0.15) is 49.8 Å². The van der Waals surface area contributed by atoms with Crippen molar-refractivity contribution < 1.29 is 83.7 Å². The molecule has 4 aliphatic heterocycles. The third-order valence-electron chi connectivity index (χ3n) is 12.8. The van der Waals surface area contributed by atoms with Gasteiger partial charge in [0.25, 0.3) is 5.56 Å². The lowest BCUT2D eigenvalue weighted by Gasteiger charge is -2.38. The maximum absolute atomic E-state index is 15.0. The van der Waals surface area contributed by atoms with Gasteiger partial charge in [0, 0.05) is 62.8 Å². The number of nitrogens with two attached hydrogens (primary N) is 1. The molecule has 8 N–H and O–H groups in total. The molecule has 4 amide bonds. The average Bonchev–Trinajstić information content (AvgIpc) is 3.83. The highest BCUT2D eigenvalue weighted by atomic mass is 19.1. The molecule has 72 heavy (non-hydrogen) atoms. The van der Waals surface area contributed by atoms with Crippen LogP contribution in [0.1, 0.15) is 61.8 Å². The van der Waals surface area contributed by atoms with Crippen LogP contribution in [0, 0.1) is 5.82 Å². The Morgan fingerprint density at radius 2 is 1.79 bits per heavy atom. The van der Waals surface area contributed by atoms with Crippen LogP contribution in [0.2, 0.25) is 0 Å². The number of cyclic esters (lactones) is 1. The van der Waals surface area contributed by atoms with Crippen molar-refractivity contribution in [2.24, 2.45) is 0 Å². The Hall–Kier alpha value is -7.13. The van der Waals surface area contributed by atoms with Gasteiger partial charge in [-0.05, 0) is 55.9 Å². The number of hydrogen-bond acceptors (Lipinski definition) is 19.